The Bertz CT molecular complexity index is 1220. The fourth-order valence-corrected chi connectivity index (χ4v) is 4.59. The van der Waals surface area contributed by atoms with Crippen molar-refractivity contribution in [3.05, 3.63) is 137 Å². The Morgan fingerprint density at radius 2 is 1.44 bits per heavy atom. The number of benzene rings is 3. The summed E-state index contributed by atoms with van der Waals surface area (Å²) in [7, 11) is 0. The van der Waals surface area contributed by atoms with Crippen molar-refractivity contribution in [3.63, 3.8) is 0 Å². The van der Waals surface area contributed by atoms with Crippen LogP contribution in [0.1, 0.15) is 47.7 Å². The number of aliphatic hydroxyl groups is 1. The van der Waals surface area contributed by atoms with Gasteiger partial charge in [-0.1, -0.05) is 91.9 Å². The van der Waals surface area contributed by atoms with E-state index >= 15 is 0 Å². The second-order valence-electron chi connectivity index (χ2n) is 9.11. The molecule has 0 saturated carbocycles. The maximum absolute atomic E-state index is 14.8. The predicted molar refractivity (Wildman–Crippen MR) is 140 cm³/mol. The molecule has 2 N–H and O–H groups in total. The summed E-state index contributed by atoms with van der Waals surface area (Å²) in [5.41, 5.74) is 2.34. The van der Waals surface area contributed by atoms with E-state index in [1.807, 2.05) is 84.9 Å². The van der Waals surface area contributed by atoms with Gasteiger partial charge >= 0.3 is 0 Å². The lowest BCUT2D eigenvalue weighted by atomic mass is 9.79. The monoisotopic (exact) mass is 486 g/mol. The van der Waals surface area contributed by atoms with Crippen LogP contribution in [0.25, 0.3) is 0 Å². The van der Waals surface area contributed by atoms with Crippen molar-refractivity contribution in [1.82, 2.24) is 10.3 Å². The second-order valence-corrected chi connectivity index (χ2v) is 9.11. The van der Waals surface area contributed by atoms with Crippen LogP contribution in [-0.4, -0.2) is 16.3 Å². The SMILES string of the molecule is CCC(F)(F)c1cccc(C(Cc2ccccc2)(NC(O)CCc2ccccc2)c2ccccn2)c1. The molecule has 0 amide bonds. The topological polar surface area (TPSA) is 45.1 Å². The number of aryl methyl sites for hydroxylation is 1. The van der Waals surface area contributed by atoms with Crippen LogP contribution in [0.5, 0.6) is 0 Å². The van der Waals surface area contributed by atoms with Crippen LogP contribution in [-0.2, 0) is 24.3 Å². The van der Waals surface area contributed by atoms with E-state index in [1.54, 1.807) is 18.3 Å². The lowest BCUT2D eigenvalue weighted by Gasteiger charge is -2.38. The number of aromatic nitrogens is 1. The molecule has 1 heterocycles. The summed E-state index contributed by atoms with van der Waals surface area (Å²) in [6.07, 6.45) is 2.06. The third-order valence-corrected chi connectivity index (χ3v) is 6.60. The molecule has 0 aliphatic carbocycles. The molecule has 2 unspecified atom stereocenters. The highest BCUT2D eigenvalue weighted by Gasteiger charge is 2.39. The van der Waals surface area contributed by atoms with Crippen LogP contribution in [0.3, 0.4) is 0 Å². The van der Waals surface area contributed by atoms with Crippen molar-refractivity contribution in [2.45, 2.75) is 50.3 Å². The van der Waals surface area contributed by atoms with E-state index in [2.05, 4.69) is 10.3 Å². The van der Waals surface area contributed by atoms with Crippen LogP contribution in [0.2, 0.25) is 0 Å². The van der Waals surface area contributed by atoms with Gasteiger partial charge in [0.1, 0.15) is 6.23 Å². The highest BCUT2D eigenvalue weighted by atomic mass is 19.3. The van der Waals surface area contributed by atoms with E-state index in [0.717, 1.165) is 11.1 Å². The molecule has 2 atom stereocenters. The van der Waals surface area contributed by atoms with Crippen molar-refractivity contribution in [1.29, 1.82) is 0 Å². The first-order valence-electron chi connectivity index (χ1n) is 12.4. The zero-order valence-corrected chi connectivity index (χ0v) is 20.4. The van der Waals surface area contributed by atoms with Crippen molar-refractivity contribution in [3.8, 4) is 0 Å². The number of rotatable bonds is 11. The van der Waals surface area contributed by atoms with Gasteiger partial charge in [0.05, 0.1) is 11.2 Å². The van der Waals surface area contributed by atoms with Gasteiger partial charge < -0.3 is 5.11 Å². The molecule has 186 valence electrons. The van der Waals surface area contributed by atoms with Gasteiger partial charge in [-0.2, -0.15) is 0 Å². The lowest BCUT2D eigenvalue weighted by molar-refractivity contribution is -0.00847. The third-order valence-electron chi connectivity index (χ3n) is 6.60. The van der Waals surface area contributed by atoms with Crippen LogP contribution < -0.4 is 5.32 Å². The molecule has 3 nitrogen and oxygen atoms in total. The van der Waals surface area contributed by atoms with E-state index in [1.165, 1.54) is 13.0 Å². The maximum Gasteiger partial charge on any atom is 0.273 e. The van der Waals surface area contributed by atoms with E-state index < -0.39 is 17.7 Å². The number of pyridine rings is 1. The number of hydrogen-bond donors (Lipinski definition) is 2. The number of alkyl halides is 2. The molecule has 0 saturated heterocycles. The van der Waals surface area contributed by atoms with Gasteiger partial charge in [0.25, 0.3) is 5.92 Å². The predicted octanol–water partition coefficient (Wildman–Crippen LogP) is 6.61. The van der Waals surface area contributed by atoms with Gasteiger partial charge in [-0.25, -0.2) is 8.78 Å². The molecule has 5 heteroatoms. The van der Waals surface area contributed by atoms with Gasteiger partial charge in [0, 0.05) is 24.6 Å². The Morgan fingerprint density at radius 3 is 2.08 bits per heavy atom. The summed E-state index contributed by atoms with van der Waals surface area (Å²) in [5.74, 6) is -2.95. The molecule has 0 aliphatic rings. The van der Waals surface area contributed by atoms with E-state index in [9.17, 15) is 13.9 Å². The molecule has 3 aromatic carbocycles. The zero-order chi connectivity index (χ0) is 25.4. The number of halogens is 2. The Labute approximate surface area is 211 Å². The van der Waals surface area contributed by atoms with Crippen molar-refractivity contribution < 1.29 is 13.9 Å². The smallest absolute Gasteiger partial charge is 0.273 e. The molecule has 1 aromatic heterocycles. The molecule has 4 rings (SSSR count). The summed E-state index contributed by atoms with van der Waals surface area (Å²) < 4.78 is 29.5. The first kappa shape index (κ1) is 25.7. The fourth-order valence-electron chi connectivity index (χ4n) is 4.59. The standard InChI is InChI=1S/C31H32F2N2O/c1-2-31(32,33)27-17-11-16-26(22-27)30(28-18-9-10-21-34-28,23-25-14-7-4-8-15-25)35-29(36)20-19-24-12-5-3-6-13-24/h3-18,21-22,29,35-36H,2,19-20,23H2,1H3. The third kappa shape index (κ3) is 6.04. The Hall–Kier alpha value is -3.41. The summed E-state index contributed by atoms with van der Waals surface area (Å²) in [5, 5.41) is 14.7. The van der Waals surface area contributed by atoms with Crippen LogP contribution >= 0.6 is 0 Å². The summed E-state index contributed by atoms with van der Waals surface area (Å²) in [6, 6.07) is 31.9. The van der Waals surface area contributed by atoms with Crippen LogP contribution in [0.4, 0.5) is 8.78 Å². The quantitative estimate of drug-likeness (QED) is 0.235. The second kappa shape index (κ2) is 11.5. The molecular weight excluding hydrogens is 454 g/mol. The Morgan fingerprint density at radius 1 is 0.806 bits per heavy atom. The number of aliphatic hydroxyl groups excluding tert-OH is 1. The summed E-state index contributed by atoms with van der Waals surface area (Å²) >= 11 is 0. The maximum atomic E-state index is 14.8. The Balaban J connectivity index is 1.79. The van der Waals surface area contributed by atoms with Crippen molar-refractivity contribution in [2.75, 3.05) is 0 Å². The van der Waals surface area contributed by atoms with Gasteiger partial charge in [-0.3, -0.25) is 10.3 Å². The summed E-state index contributed by atoms with van der Waals surface area (Å²) in [4.78, 5) is 4.65. The van der Waals surface area contributed by atoms with Crippen molar-refractivity contribution >= 4 is 0 Å². The molecule has 4 aromatic rings. The first-order valence-corrected chi connectivity index (χ1v) is 12.4. The number of nitrogens with one attached hydrogen (secondary N) is 1. The van der Waals surface area contributed by atoms with Gasteiger partial charge in [-0.05, 0) is 47.7 Å². The molecule has 0 fully saturated rings. The highest BCUT2D eigenvalue weighted by Crippen LogP contribution is 2.37. The minimum Gasteiger partial charge on any atom is -0.379 e. The molecule has 0 aliphatic heterocycles. The van der Waals surface area contributed by atoms with Crippen LogP contribution in [0, 0.1) is 0 Å². The normalized spacial score (nSPS) is 14.2. The lowest BCUT2D eigenvalue weighted by Crippen LogP contribution is -2.51. The van der Waals surface area contributed by atoms with Gasteiger partial charge in [-0.15, -0.1) is 0 Å². The van der Waals surface area contributed by atoms with Crippen molar-refractivity contribution in [2.24, 2.45) is 0 Å². The molecule has 0 spiro atoms. The average molecular weight is 487 g/mol. The molecule has 36 heavy (non-hydrogen) atoms. The fraction of sp³-hybridized carbons (Fsp3) is 0.258. The van der Waals surface area contributed by atoms with Gasteiger partial charge in [0.15, 0.2) is 0 Å². The zero-order valence-electron chi connectivity index (χ0n) is 20.4. The highest BCUT2D eigenvalue weighted by molar-refractivity contribution is 5.41. The minimum absolute atomic E-state index is 0.0450. The summed E-state index contributed by atoms with van der Waals surface area (Å²) in [6.45, 7) is 1.48. The van der Waals surface area contributed by atoms with E-state index in [0.29, 0.717) is 30.5 Å². The molecular formula is C31H32F2N2O. The van der Waals surface area contributed by atoms with Crippen LogP contribution in [0.15, 0.2) is 109 Å². The average Bonchev–Trinajstić information content (AvgIpc) is 2.93. The molecule has 0 radical (unpaired) electrons. The van der Waals surface area contributed by atoms with E-state index in [-0.39, 0.29) is 12.0 Å². The Kier molecular flexibility index (Phi) is 8.24. The van der Waals surface area contributed by atoms with Gasteiger partial charge in [0.2, 0.25) is 0 Å². The largest absolute Gasteiger partial charge is 0.379 e. The molecule has 0 bridgehead atoms. The first-order chi connectivity index (χ1) is 17.4. The van der Waals surface area contributed by atoms with E-state index in [4.69, 9.17) is 0 Å². The number of nitrogens with zero attached hydrogens (tertiary/aromatic N) is 1. The number of hydrogen-bond acceptors (Lipinski definition) is 3. The minimum atomic E-state index is -2.95.